The second-order valence-corrected chi connectivity index (χ2v) is 7.94. The van der Waals surface area contributed by atoms with E-state index in [1.54, 1.807) is 54.6 Å². The molecule has 1 aliphatic heterocycles. The fraction of sp³-hybridized carbons (Fsp3) is 0.115. The molecule has 0 spiro atoms. The number of anilines is 2. The third-order valence-electron chi connectivity index (χ3n) is 5.97. The molecule has 2 heterocycles. The Morgan fingerprint density at radius 2 is 1.97 bits per heavy atom. The zero-order valence-corrected chi connectivity index (χ0v) is 19.6. The van der Waals surface area contributed by atoms with Gasteiger partial charge in [0.1, 0.15) is 0 Å². The number of aromatic amines is 1. The average Bonchev–Trinajstić information content (AvgIpc) is 3.35. The lowest BCUT2D eigenvalue weighted by molar-refractivity contribution is 0.0703. The number of aromatic nitrogens is 2. The summed E-state index contributed by atoms with van der Waals surface area (Å²) in [6.45, 7) is 1.86. The Morgan fingerprint density at radius 1 is 1.20 bits per heavy atom. The van der Waals surface area contributed by atoms with Crippen LogP contribution in [0.2, 0.25) is 0 Å². The van der Waals surface area contributed by atoms with E-state index in [-0.39, 0.29) is 24.3 Å². The quantitative estimate of drug-likeness (QED) is 0.372. The molecule has 8 nitrogen and oxygen atoms in total. The van der Waals surface area contributed by atoms with Gasteiger partial charge in [0.05, 0.1) is 23.8 Å². The van der Waals surface area contributed by atoms with Crippen molar-refractivity contribution < 1.29 is 19.4 Å². The Kier molecular flexibility index (Phi) is 5.99. The van der Waals surface area contributed by atoms with Crippen molar-refractivity contribution in [2.24, 2.45) is 0 Å². The van der Waals surface area contributed by atoms with Crippen molar-refractivity contribution in [3.63, 3.8) is 0 Å². The first-order valence-electron chi connectivity index (χ1n) is 10.5. The topological polar surface area (TPSA) is 108 Å². The number of fused-ring (bicyclic) bond motifs is 2. The molecule has 0 radical (unpaired) electrons. The van der Waals surface area contributed by atoms with Crippen LogP contribution in [-0.4, -0.2) is 34.2 Å². The van der Waals surface area contributed by atoms with E-state index in [1.165, 1.54) is 12.0 Å². The maximum Gasteiger partial charge on any atom is 0.413 e. The number of carbonyl (C=O) groups excluding carboxylic acids is 2. The van der Waals surface area contributed by atoms with E-state index >= 15 is 0 Å². The lowest BCUT2D eigenvalue weighted by Crippen LogP contribution is -2.45. The molecule has 1 aliphatic rings. The van der Waals surface area contributed by atoms with Crippen molar-refractivity contribution in [3.05, 3.63) is 88.5 Å². The third kappa shape index (κ3) is 3.67. The van der Waals surface area contributed by atoms with Gasteiger partial charge < -0.3 is 14.8 Å². The summed E-state index contributed by atoms with van der Waals surface area (Å²) in [5, 5.41) is 14.7. The van der Waals surface area contributed by atoms with Gasteiger partial charge in [0, 0.05) is 22.3 Å². The van der Waals surface area contributed by atoms with E-state index in [1.807, 2.05) is 13.0 Å². The molecule has 2 amide bonds. The molecule has 9 heteroatoms. The zero-order chi connectivity index (χ0) is 24.0. The number of methoxy groups -OCH3 is 1. The summed E-state index contributed by atoms with van der Waals surface area (Å²) in [5.74, 6) is 2.45. The van der Waals surface area contributed by atoms with Gasteiger partial charge in [-0.05, 0) is 42.8 Å². The Balaban J connectivity index is 0.00000289. The molecule has 3 aromatic carbocycles. The Morgan fingerprint density at radius 3 is 2.71 bits per heavy atom. The van der Waals surface area contributed by atoms with Gasteiger partial charge >= 0.3 is 6.09 Å². The largest absolute Gasteiger partial charge is 0.453 e. The lowest BCUT2D eigenvalue weighted by Gasteiger charge is -2.35. The van der Waals surface area contributed by atoms with Crippen molar-refractivity contribution in [3.8, 4) is 12.3 Å². The first-order valence-corrected chi connectivity index (χ1v) is 10.5. The van der Waals surface area contributed by atoms with Crippen LogP contribution < -0.4 is 10.2 Å². The highest BCUT2D eigenvalue weighted by Crippen LogP contribution is 2.46. The van der Waals surface area contributed by atoms with Crippen molar-refractivity contribution in [1.29, 1.82) is 0 Å². The highest BCUT2D eigenvalue weighted by Gasteiger charge is 2.51. The number of nitrogens with zero attached hydrogens (tertiary/aromatic N) is 2. The van der Waals surface area contributed by atoms with Gasteiger partial charge in [0.2, 0.25) is 5.95 Å². The van der Waals surface area contributed by atoms with Crippen LogP contribution in [0, 0.1) is 19.3 Å². The van der Waals surface area contributed by atoms with Crippen LogP contribution in [0.15, 0.2) is 60.7 Å². The van der Waals surface area contributed by atoms with E-state index < -0.39 is 11.8 Å². The SMILES string of the molecule is C#Cc1ccc(C)c(N2C(=O)c3ccccc3C2(O)c2ccc3nc(NC(=O)OC)[nH]c3c2)c1.Cl. The molecule has 35 heavy (non-hydrogen) atoms. The van der Waals surface area contributed by atoms with Crippen molar-refractivity contribution >= 4 is 47.1 Å². The summed E-state index contributed by atoms with van der Waals surface area (Å²) >= 11 is 0. The van der Waals surface area contributed by atoms with Crippen LogP contribution in [0.1, 0.15) is 32.6 Å². The Hall–Kier alpha value is -4.32. The Bertz CT molecular complexity index is 1520. The molecule has 0 saturated heterocycles. The lowest BCUT2D eigenvalue weighted by atomic mass is 9.93. The summed E-state index contributed by atoms with van der Waals surface area (Å²) in [4.78, 5) is 33.8. The van der Waals surface area contributed by atoms with Gasteiger partial charge in [-0.3, -0.25) is 15.0 Å². The van der Waals surface area contributed by atoms with E-state index in [0.29, 0.717) is 39.0 Å². The highest BCUT2D eigenvalue weighted by atomic mass is 35.5. The number of nitrogens with one attached hydrogen (secondary N) is 2. The number of benzene rings is 3. The fourth-order valence-electron chi connectivity index (χ4n) is 4.30. The standard InChI is InChI=1S/C26H20N4O4.ClH/c1-4-16-10-9-15(2)22(13-16)30-23(31)18-7-5-6-8-19(18)26(30,33)17-11-12-20-21(14-17)28-24(27-20)29-25(32)34-3;/h1,5-14,33H,2-3H3,(H2,27,28,29,32);1H. The average molecular weight is 489 g/mol. The molecule has 4 aromatic rings. The van der Waals surface area contributed by atoms with Gasteiger partial charge in [-0.2, -0.15) is 0 Å². The summed E-state index contributed by atoms with van der Waals surface area (Å²) in [7, 11) is 1.26. The molecule has 0 fully saturated rings. The van der Waals surface area contributed by atoms with Crippen molar-refractivity contribution in [2.75, 3.05) is 17.3 Å². The number of imidazole rings is 1. The number of H-pyrrole nitrogens is 1. The zero-order valence-electron chi connectivity index (χ0n) is 18.8. The van der Waals surface area contributed by atoms with Crippen LogP contribution in [0.4, 0.5) is 16.4 Å². The summed E-state index contributed by atoms with van der Waals surface area (Å²) in [5.41, 5.74) is 2.50. The molecule has 0 bridgehead atoms. The molecule has 5 rings (SSSR count). The summed E-state index contributed by atoms with van der Waals surface area (Å²) < 4.78 is 4.61. The number of aliphatic hydroxyl groups is 1. The number of amides is 2. The first-order chi connectivity index (χ1) is 16.4. The monoisotopic (exact) mass is 488 g/mol. The highest BCUT2D eigenvalue weighted by molar-refractivity contribution is 6.13. The summed E-state index contributed by atoms with van der Waals surface area (Å²) in [6.07, 6.45) is 4.94. The predicted octanol–water partition coefficient (Wildman–Crippen LogP) is 4.31. The van der Waals surface area contributed by atoms with Crippen molar-refractivity contribution in [1.82, 2.24) is 9.97 Å². The van der Waals surface area contributed by atoms with Crippen LogP contribution in [0.5, 0.6) is 0 Å². The maximum atomic E-state index is 13.6. The molecular weight excluding hydrogens is 468 g/mol. The molecule has 1 unspecified atom stereocenters. The number of hydrogen-bond donors (Lipinski definition) is 3. The Labute approximate surface area is 207 Å². The van der Waals surface area contributed by atoms with Crippen LogP contribution in [-0.2, 0) is 10.5 Å². The number of ether oxygens (including phenoxy) is 1. The van der Waals surface area contributed by atoms with Gasteiger partial charge in [-0.25, -0.2) is 9.78 Å². The number of terminal acetylenes is 1. The molecule has 1 atom stereocenters. The maximum absolute atomic E-state index is 13.6. The van der Waals surface area contributed by atoms with E-state index in [0.717, 1.165) is 5.56 Å². The van der Waals surface area contributed by atoms with E-state index in [4.69, 9.17) is 6.42 Å². The van der Waals surface area contributed by atoms with Gasteiger partial charge in [-0.1, -0.05) is 36.3 Å². The molecular formula is C26H21ClN4O4. The van der Waals surface area contributed by atoms with Gasteiger partial charge in [0.15, 0.2) is 5.72 Å². The second kappa shape index (κ2) is 8.80. The predicted molar refractivity (Wildman–Crippen MR) is 135 cm³/mol. The molecule has 176 valence electrons. The van der Waals surface area contributed by atoms with E-state index in [9.17, 15) is 14.7 Å². The number of carbonyl (C=O) groups is 2. The third-order valence-corrected chi connectivity index (χ3v) is 5.97. The minimum absolute atomic E-state index is 0. The minimum Gasteiger partial charge on any atom is -0.453 e. The number of hydrogen-bond acceptors (Lipinski definition) is 5. The van der Waals surface area contributed by atoms with Crippen molar-refractivity contribution in [2.45, 2.75) is 12.6 Å². The number of halogens is 1. The van der Waals surface area contributed by atoms with Gasteiger partial charge in [-0.15, -0.1) is 18.8 Å². The minimum atomic E-state index is -1.80. The van der Waals surface area contributed by atoms with Crippen LogP contribution in [0.3, 0.4) is 0 Å². The first kappa shape index (κ1) is 23.8. The summed E-state index contributed by atoms with van der Waals surface area (Å²) in [6, 6.07) is 17.4. The molecule has 3 N–H and O–H groups in total. The molecule has 1 aromatic heterocycles. The van der Waals surface area contributed by atoms with Crippen LogP contribution in [0.25, 0.3) is 11.0 Å². The normalized spacial score (nSPS) is 16.4. The molecule has 0 aliphatic carbocycles. The van der Waals surface area contributed by atoms with Gasteiger partial charge in [0.25, 0.3) is 5.91 Å². The smallest absolute Gasteiger partial charge is 0.413 e. The van der Waals surface area contributed by atoms with Crippen LogP contribution >= 0.6 is 12.4 Å². The van der Waals surface area contributed by atoms with E-state index in [2.05, 4.69) is 25.9 Å². The fourth-order valence-corrected chi connectivity index (χ4v) is 4.30. The second-order valence-electron chi connectivity index (χ2n) is 7.94. The number of aryl methyl sites for hydroxylation is 1. The molecule has 0 saturated carbocycles. The number of rotatable bonds is 3.